The van der Waals surface area contributed by atoms with Crippen LogP contribution in [0.25, 0.3) is 0 Å². The minimum Gasteiger partial charge on any atom is -0.313 e. The number of sulfonamides is 1. The van der Waals surface area contributed by atoms with E-state index in [0.717, 1.165) is 0 Å². The van der Waals surface area contributed by atoms with E-state index in [1.54, 1.807) is 6.07 Å². The second-order valence-corrected chi connectivity index (χ2v) is 8.42. The molecule has 1 atom stereocenters. The number of halogens is 2. The molecular weight excluding hydrogens is 393 g/mol. The minimum atomic E-state index is -3.90. The van der Waals surface area contributed by atoms with Crippen molar-refractivity contribution in [3.63, 3.8) is 0 Å². The molecule has 2 heterocycles. The van der Waals surface area contributed by atoms with Crippen LogP contribution in [-0.2, 0) is 10.0 Å². The Hall–Kier alpha value is -1.59. The van der Waals surface area contributed by atoms with Crippen LogP contribution in [0.2, 0.25) is 0 Å². The largest absolute Gasteiger partial charge is 0.325 e. The Balaban J connectivity index is 0.00000225. The summed E-state index contributed by atoms with van der Waals surface area (Å²) >= 11 is 0.619. The summed E-state index contributed by atoms with van der Waals surface area (Å²) < 4.78 is 40.5. The van der Waals surface area contributed by atoms with Crippen molar-refractivity contribution < 1.29 is 17.7 Å². The van der Waals surface area contributed by atoms with Gasteiger partial charge in [0.1, 0.15) is 10.0 Å². The molecule has 1 aliphatic rings. The van der Waals surface area contributed by atoms with Gasteiger partial charge in [0.15, 0.2) is 0 Å². The number of rotatable bonds is 4. The lowest BCUT2D eigenvalue weighted by Crippen LogP contribution is -2.48. The zero-order valence-electron chi connectivity index (χ0n) is 12.8. The molecule has 0 bridgehead atoms. The summed E-state index contributed by atoms with van der Waals surface area (Å²) in [7, 11) is -3.90. The van der Waals surface area contributed by atoms with E-state index in [4.69, 9.17) is 0 Å². The SMILES string of the molecule is Cl.O=[N+]([O-])c1ccc(S(=O)(=O)N2CCNCC2c2cccc(F)c2)s1. The summed E-state index contributed by atoms with van der Waals surface area (Å²) in [5.74, 6) is -0.442. The molecule has 11 heteroatoms. The molecule has 0 amide bonds. The number of benzene rings is 1. The minimum absolute atomic E-state index is 0. The number of nitro groups is 1. The van der Waals surface area contributed by atoms with Crippen LogP contribution in [0, 0.1) is 15.9 Å². The van der Waals surface area contributed by atoms with E-state index in [-0.39, 0.29) is 28.2 Å². The van der Waals surface area contributed by atoms with Gasteiger partial charge in [0.2, 0.25) is 0 Å². The zero-order valence-corrected chi connectivity index (χ0v) is 15.2. The van der Waals surface area contributed by atoms with Gasteiger partial charge < -0.3 is 5.32 Å². The normalized spacial score (nSPS) is 18.5. The first-order valence-corrected chi connectivity index (χ1v) is 9.37. The van der Waals surface area contributed by atoms with Gasteiger partial charge in [-0.3, -0.25) is 10.1 Å². The molecule has 1 aliphatic heterocycles. The monoisotopic (exact) mass is 407 g/mol. The van der Waals surface area contributed by atoms with Crippen molar-refractivity contribution in [3.8, 4) is 0 Å². The summed E-state index contributed by atoms with van der Waals surface area (Å²) in [6.07, 6.45) is 0. The fourth-order valence-corrected chi connectivity index (χ4v) is 5.49. The highest BCUT2D eigenvalue weighted by Crippen LogP contribution is 2.34. The van der Waals surface area contributed by atoms with Crippen LogP contribution in [0.1, 0.15) is 11.6 Å². The van der Waals surface area contributed by atoms with Gasteiger partial charge in [-0.25, -0.2) is 12.8 Å². The molecule has 1 N–H and O–H groups in total. The van der Waals surface area contributed by atoms with Crippen molar-refractivity contribution >= 4 is 38.8 Å². The van der Waals surface area contributed by atoms with Gasteiger partial charge in [-0.2, -0.15) is 4.31 Å². The van der Waals surface area contributed by atoms with E-state index in [9.17, 15) is 22.9 Å². The summed E-state index contributed by atoms with van der Waals surface area (Å²) in [6, 6.07) is 7.64. The topological polar surface area (TPSA) is 92.5 Å². The smallest absolute Gasteiger partial charge is 0.313 e. The third-order valence-electron chi connectivity index (χ3n) is 3.74. The Morgan fingerprint density at radius 2 is 2.08 bits per heavy atom. The first kappa shape index (κ1) is 19.7. The van der Waals surface area contributed by atoms with Crippen molar-refractivity contribution in [2.45, 2.75) is 10.3 Å². The molecule has 1 saturated heterocycles. The Morgan fingerprint density at radius 3 is 2.72 bits per heavy atom. The van der Waals surface area contributed by atoms with Gasteiger partial charge in [-0.15, -0.1) is 12.4 Å². The number of hydrogen-bond donors (Lipinski definition) is 1. The van der Waals surface area contributed by atoms with E-state index in [1.165, 1.54) is 34.6 Å². The van der Waals surface area contributed by atoms with E-state index in [0.29, 0.717) is 30.0 Å². The molecule has 2 aromatic rings. The Kier molecular flexibility index (Phi) is 6.12. The molecule has 0 radical (unpaired) electrons. The van der Waals surface area contributed by atoms with Crippen LogP contribution in [0.15, 0.2) is 40.6 Å². The lowest BCUT2D eigenvalue weighted by molar-refractivity contribution is -0.380. The van der Waals surface area contributed by atoms with Gasteiger partial charge in [-0.05, 0) is 35.1 Å². The van der Waals surface area contributed by atoms with Gasteiger partial charge in [0.05, 0.1) is 11.0 Å². The summed E-state index contributed by atoms with van der Waals surface area (Å²) in [6.45, 7) is 1.00. The zero-order chi connectivity index (χ0) is 17.3. The van der Waals surface area contributed by atoms with Crippen molar-refractivity contribution in [1.29, 1.82) is 0 Å². The maximum atomic E-state index is 13.5. The summed E-state index contributed by atoms with van der Waals surface area (Å²) in [4.78, 5) is 10.2. The van der Waals surface area contributed by atoms with Crippen molar-refractivity contribution in [1.82, 2.24) is 9.62 Å². The standard InChI is InChI=1S/C14H14FN3O4S2.ClH/c15-11-3-1-2-10(8-11)12-9-16-6-7-17(12)24(21,22)14-5-4-13(23-14)18(19)20;/h1-5,8,12,16H,6-7,9H2;1H. The molecule has 1 fully saturated rings. The maximum Gasteiger partial charge on any atom is 0.325 e. The predicted octanol–water partition coefficient (Wildman–Crippen LogP) is 2.55. The Labute approximate surface area is 154 Å². The molecule has 25 heavy (non-hydrogen) atoms. The number of nitrogens with zero attached hydrogens (tertiary/aromatic N) is 2. The highest BCUT2D eigenvalue weighted by atomic mass is 35.5. The van der Waals surface area contributed by atoms with E-state index < -0.39 is 26.8 Å². The second kappa shape index (κ2) is 7.75. The van der Waals surface area contributed by atoms with Crippen LogP contribution in [0.4, 0.5) is 9.39 Å². The predicted molar refractivity (Wildman–Crippen MR) is 94.1 cm³/mol. The molecule has 7 nitrogen and oxygen atoms in total. The fourth-order valence-electron chi connectivity index (χ4n) is 2.63. The quantitative estimate of drug-likeness (QED) is 0.621. The van der Waals surface area contributed by atoms with Crippen LogP contribution < -0.4 is 5.32 Å². The molecular formula is C14H15ClFN3O4S2. The van der Waals surface area contributed by atoms with Gasteiger partial charge in [-0.1, -0.05) is 12.1 Å². The second-order valence-electron chi connectivity index (χ2n) is 5.24. The lowest BCUT2D eigenvalue weighted by Gasteiger charge is -2.35. The van der Waals surface area contributed by atoms with Crippen LogP contribution >= 0.6 is 23.7 Å². The van der Waals surface area contributed by atoms with Crippen molar-refractivity contribution in [2.24, 2.45) is 0 Å². The number of thiophene rings is 1. The molecule has 0 spiro atoms. The van der Waals surface area contributed by atoms with Crippen LogP contribution in [0.5, 0.6) is 0 Å². The highest BCUT2D eigenvalue weighted by molar-refractivity contribution is 7.91. The molecule has 136 valence electrons. The fraction of sp³-hybridized carbons (Fsp3) is 0.286. The van der Waals surface area contributed by atoms with Gasteiger partial charge in [0, 0.05) is 25.7 Å². The Bertz CT molecular complexity index is 874. The molecule has 1 unspecified atom stereocenters. The number of piperazine rings is 1. The molecule has 0 aliphatic carbocycles. The average Bonchev–Trinajstić information content (AvgIpc) is 3.06. The first-order chi connectivity index (χ1) is 11.4. The van der Waals surface area contributed by atoms with Gasteiger partial charge in [0.25, 0.3) is 10.0 Å². The van der Waals surface area contributed by atoms with E-state index in [1.807, 2.05) is 0 Å². The molecule has 1 aromatic heterocycles. The average molecular weight is 408 g/mol. The van der Waals surface area contributed by atoms with E-state index >= 15 is 0 Å². The third-order valence-corrected chi connectivity index (χ3v) is 7.15. The first-order valence-electron chi connectivity index (χ1n) is 7.12. The summed E-state index contributed by atoms with van der Waals surface area (Å²) in [5, 5.41) is 13.7. The van der Waals surface area contributed by atoms with Crippen molar-refractivity contribution in [3.05, 3.63) is 57.9 Å². The Morgan fingerprint density at radius 1 is 1.32 bits per heavy atom. The van der Waals surface area contributed by atoms with E-state index in [2.05, 4.69) is 5.32 Å². The summed E-state index contributed by atoms with van der Waals surface area (Å²) in [5.41, 5.74) is 0.539. The van der Waals surface area contributed by atoms with Crippen molar-refractivity contribution in [2.75, 3.05) is 19.6 Å². The highest BCUT2D eigenvalue weighted by Gasteiger charge is 2.36. The maximum absolute atomic E-state index is 13.5. The molecule has 0 saturated carbocycles. The van der Waals surface area contributed by atoms with Crippen LogP contribution in [0.3, 0.4) is 0 Å². The lowest BCUT2D eigenvalue weighted by atomic mass is 10.1. The number of nitrogens with one attached hydrogen (secondary N) is 1. The third kappa shape index (κ3) is 3.98. The molecule has 3 rings (SSSR count). The van der Waals surface area contributed by atoms with Crippen LogP contribution in [-0.4, -0.2) is 37.3 Å². The molecule has 1 aromatic carbocycles. The van der Waals surface area contributed by atoms with Gasteiger partial charge >= 0.3 is 5.00 Å². The number of hydrogen-bond acceptors (Lipinski definition) is 6.